The van der Waals surface area contributed by atoms with Gasteiger partial charge in [0.1, 0.15) is 10.8 Å². The smallest absolute Gasteiger partial charge is 0.212 e. The van der Waals surface area contributed by atoms with Crippen molar-refractivity contribution in [1.29, 1.82) is 0 Å². The molecule has 1 rings (SSSR count). The van der Waals surface area contributed by atoms with Crippen LogP contribution in [0.25, 0.3) is 0 Å². The van der Waals surface area contributed by atoms with Crippen molar-refractivity contribution < 1.29 is 12.8 Å². The van der Waals surface area contributed by atoms with E-state index >= 15 is 0 Å². The van der Waals surface area contributed by atoms with E-state index in [-0.39, 0.29) is 28.3 Å². The molecule has 3 N–H and O–H groups in total. The number of benzene rings is 1. The Labute approximate surface area is 124 Å². The minimum Gasteiger partial charge on any atom is -0.389 e. The quantitative estimate of drug-likeness (QED) is 0.814. The molecule has 0 aliphatic carbocycles. The second-order valence-corrected chi connectivity index (χ2v) is 8.06. The molecule has 0 unspecified atom stereocenters. The zero-order valence-electron chi connectivity index (χ0n) is 11.7. The van der Waals surface area contributed by atoms with Gasteiger partial charge in [-0.2, -0.15) is 0 Å². The second-order valence-electron chi connectivity index (χ2n) is 5.81. The van der Waals surface area contributed by atoms with Gasteiger partial charge >= 0.3 is 0 Å². The largest absolute Gasteiger partial charge is 0.389 e. The Morgan fingerprint density at radius 1 is 1.40 bits per heavy atom. The molecule has 0 fully saturated rings. The standard InChI is InChI=1S/C13H19FN2O2S2/c1-13(2,3)8-20(17,18)16-7-10-5-4-9(12(15)19)6-11(10)14/h4-6,16H,7-8H2,1-3H3,(H2,15,19). The molecular weight excluding hydrogens is 299 g/mol. The van der Waals surface area contributed by atoms with Crippen LogP contribution in [0.3, 0.4) is 0 Å². The summed E-state index contributed by atoms with van der Waals surface area (Å²) < 4.78 is 39.8. The molecule has 0 aliphatic rings. The Balaban J connectivity index is 2.78. The molecule has 0 atom stereocenters. The summed E-state index contributed by atoms with van der Waals surface area (Å²) in [5.74, 6) is -0.555. The van der Waals surface area contributed by atoms with Crippen molar-refractivity contribution in [2.24, 2.45) is 11.1 Å². The van der Waals surface area contributed by atoms with Crippen molar-refractivity contribution in [3.05, 3.63) is 35.1 Å². The number of halogens is 1. The number of rotatable bonds is 5. The molecule has 112 valence electrons. The molecule has 0 bridgehead atoms. The lowest BCUT2D eigenvalue weighted by atomic mass is 10.0. The maximum atomic E-state index is 13.8. The summed E-state index contributed by atoms with van der Waals surface area (Å²) >= 11 is 4.75. The van der Waals surface area contributed by atoms with Crippen LogP contribution < -0.4 is 10.5 Å². The monoisotopic (exact) mass is 318 g/mol. The number of sulfonamides is 1. The van der Waals surface area contributed by atoms with E-state index in [1.807, 2.05) is 20.8 Å². The maximum absolute atomic E-state index is 13.8. The summed E-state index contributed by atoms with van der Waals surface area (Å²) in [6.45, 7) is 5.37. The summed E-state index contributed by atoms with van der Waals surface area (Å²) in [5.41, 5.74) is 5.71. The van der Waals surface area contributed by atoms with Gasteiger partial charge in [0.2, 0.25) is 10.0 Å². The molecule has 1 aromatic carbocycles. The van der Waals surface area contributed by atoms with Gasteiger partial charge in [-0.05, 0) is 11.5 Å². The Hall–Kier alpha value is -1.05. The van der Waals surface area contributed by atoms with E-state index in [9.17, 15) is 12.8 Å². The van der Waals surface area contributed by atoms with E-state index < -0.39 is 15.8 Å². The van der Waals surface area contributed by atoms with Gasteiger partial charge in [0.15, 0.2) is 0 Å². The highest BCUT2D eigenvalue weighted by Crippen LogP contribution is 2.16. The van der Waals surface area contributed by atoms with Crippen LogP contribution in [0, 0.1) is 11.2 Å². The molecule has 0 radical (unpaired) electrons. The summed E-state index contributed by atoms with van der Waals surface area (Å²) in [7, 11) is -3.45. The third kappa shape index (κ3) is 5.52. The molecule has 0 aliphatic heterocycles. The SMILES string of the molecule is CC(C)(C)CS(=O)(=O)NCc1ccc(C(N)=S)cc1F. The fourth-order valence-corrected chi connectivity index (χ4v) is 3.40. The molecule has 0 heterocycles. The molecule has 0 saturated heterocycles. The summed E-state index contributed by atoms with van der Waals surface area (Å²) in [4.78, 5) is 0.101. The lowest BCUT2D eigenvalue weighted by Crippen LogP contribution is -2.32. The van der Waals surface area contributed by atoms with E-state index in [1.54, 1.807) is 6.07 Å². The molecule has 0 saturated carbocycles. The fraction of sp³-hybridized carbons (Fsp3) is 0.462. The van der Waals surface area contributed by atoms with Crippen molar-refractivity contribution in [2.45, 2.75) is 27.3 Å². The number of nitrogens with one attached hydrogen (secondary N) is 1. The van der Waals surface area contributed by atoms with Gasteiger partial charge in [-0.25, -0.2) is 17.5 Å². The van der Waals surface area contributed by atoms with Crippen molar-refractivity contribution in [3.63, 3.8) is 0 Å². The number of nitrogens with two attached hydrogens (primary N) is 1. The van der Waals surface area contributed by atoms with E-state index in [0.717, 1.165) is 0 Å². The van der Waals surface area contributed by atoms with Crippen molar-refractivity contribution in [2.75, 3.05) is 5.75 Å². The maximum Gasteiger partial charge on any atom is 0.212 e. The van der Waals surface area contributed by atoms with Crippen molar-refractivity contribution >= 4 is 27.2 Å². The predicted octanol–water partition coefficient (Wildman–Crippen LogP) is 1.93. The Bertz CT molecular complexity index is 607. The summed E-state index contributed by atoms with van der Waals surface area (Å²) in [6.07, 6.45) is 0. The van der Waals surface area contributed by atoms with Gasteiger partial charge in [-0.3, -0.25) is 0 Å². The first kappa shape index (κ1) is 17.0. The molecule has 1 aromatic rings. The molecule has 0 aromatic heterocycles. The van der Waals surface area contributed by atoms with Crippen LogP contribution >= 0.6 is 12.2 Å². The molecule has 7 heteroatoms. The molecule has 0 spiro atoms. The summed E-state index contributed by atoms with van der Waals surface area (Å²) in [5, 5.41) is 0. The minimum absolute atomic E-state index is 0.0212. The van der Waals surface area contributed by atoms with Crippen LogP contribution in [-0.2, 0) is 16.6 Å². The van der Waals surface area contributed by atoms with E-state index in [1.165, 1.54) is 12.1 Å². The second kappa shape index (κ2) is 6.15. The Kier molecular flexibility index (Phi) is 5.23. The van der Waals surface area contributed by atoms with Gasteiger partial charge in [0.05, 0.1) is 5.75 Å². The lowest BCUT2D eigenvalue weighted by Gasteiger charge is -2.18. The average Bonchev–Trinajstić information content (AvgIpc) is 2.23. The average molecular weight is 318 g/mol. The highest BCUT2D eigenvalue weighted by Gasteiger charge is 2.21. The third-order valence-corrected chi connectivity index (χ3v) is 4.51. The van der Waals surface area contributed by atoms with E-state index in [2.05, 4.69) is 4.72 Å². The molecular formula is C13H19FN2O2S2. The first-order chi connectivity index (χ1) is 9.00. The van der Waals surface area contributed by atoms with Crippen LogP contribution in [0.4, 0.5) is 4.39 Å². The van der Waals surface area contributed by atoms with E-state index in [4.69, 9.17) is 18.0 Å². The van der Waals surface area contributed by atoms with Crippen molar-refractivity contribution in [3.8, 4) is 0 Å². The van der Waals surface area contributed by atoms with Crippen LogP contribution in [0.1, 0.15) is 31.9 Å². The first-order valence-corrected chi connectivity index (χ1v) is 8.12. The Morgan fingerprint density at radius 3 is 2.45 bits per heavy atom. The highest BCUT2D eigenvalue weighted by molar-refractivity contribution is 7.89. The lowest BCUT2D eigenvalue weighted by molar-refractivity contribution is 0.457. The predicted molar refractivity (Wildman–Crippen MR) is 82.4 cm³/mol. The number of thiocarbonyl (C=S) groups is 1. The zero-order chi connectivity index (χ0) is 15.6. The van der Waals surface area contributed by atoms with Crippen LogP contribution in [0.5, 0.6) is 0 Å². The van der Waals surface area contributed by atoms with Crippen LogP contribution in [0.15, 0.2) is 18.2 Å². The van der Waals surface area contributed by atoms with Crippen LogP contribution in [-0.4, -0.2) is 19.2 Å². The number of hydrogen-bond donors (Lipinski definition) is 2. The molecule has 20 heavy (non-hydrogen) atoms. The highest BCUT2D eigenvalue weighted by atomic mass is 32.2. The van der Waals surface area contributed by atoms with E-state index in [0.29, 0.717) is 5.56 Å². The van der Waals surface area contributed by atoms with Gasteiger partial charge in [0, 0.05) is 17.7 Å². The molecule has 4 nitrogen and oxygen atoms in total. The number of hydrogen-bond acceptors (Lipinski definition) is 3. The zero-order valence-corrected chi connectivity index (χ0v) is 13.4. The fourth-order valence-electron chi connectivity index (χ4n) is 1.65. The van der Waals surface area contributed by atoms with Crippen molar-refractivity contribution in [1.82, 2.24) is 4.72 Å². The van der Waals surface area contributed by atoms with Gasteiger partial charge in [-0.1, -0.05) is 45.1 Å². The van der Waals surface area contributed by atoms with Gasteiger partial charge in [-0.15, -0.1) is 0 Å². The van der Waals surface area contributed by atoms with Crippen LogP contribution in [0.2, 0.25) is 0 Å². The minimum atomic E-state index is -3.45. The van der Waals surface area contributed by atoms with Gasteiger partial charge in [0.25, 0.3) is 0 Å². The Morgan fingerprint density at radius 2 is 2.00 bits per heavy atom. The third-order valence-electron chi connectivity index (χ3n) is 2.44. The first-order valence-electron chi connectivity index (χ1n) is 6.06. The summed E-state index contributed by atoms with van der Waals surface area (Å²) in [6, 6.07) is 4.25. The topological polar surface area (TPSA) is 72.2 Å². The molecule has 0 amide bonds. The van der Waals surface area contributed by atoms with Gasteiger partial charge < -0.3 is 5.73 Å². The normalized spacial score (nSPS) is 12.4.